The van der Waals surface area contributed by atoms with E-state index in [1.165, 1.54) is 0 Å². The van der Waals surface area contributed by atoms with Crippen LogP contribution in [0.25, 0.3) is 0 Å². The van der Waals surface area contributed by atoms with Crippen LogP contribution in [-0.2, 0) is 11.2 Å². The molecule has 0 heterocycles. The average Bonchev–Trinajstić information content (AvgIpc) is 2.52. The first kappa shape index (κ1) is 14.8. The van der Waals surface area contributed by atoms with Crippen molar-refractivity contribution in [2.75, 3.05) is 6.54 Å². The second-order valence-electron chi connectivity index (χ2n) is 4.80. The number of carbonyl (C=O) groups excluding carboxylic acids is 1. The number of hydrogen-bond donors (Lipinski definition) is 2. The van der Waals surface area contributed by atoms with Crippen LogP contribution in [0.15, 0.2) is 60.7 Å². The zero-order valence-electron chi connectivity index (χ0n) is 11.5. The molecule has 0 bridgehead atoms. The number of amides is 1. The van der Waals surface area contributed by atoms with Crippen molar-refractivity contribution in [2.45, 2.75) is 6.42 Å². The van der Waals surface area contributed by atoms with Gasteiger partial charge in [0.05, 0.1) is 5.92 Å². The van der Waals surface area contributed by atoms with Crippen molar-refractivity contribution in [3.63, 3.8) is 0 Å². The van der Waals surface area contributed by atoms with Crippen molar-refractivity contribution >= 4 is 11.9 Å². The van der Waals surface area contributed by atoms with Crippen LogP contribution in [0.3, 0.4) is 0 Å². The number of aliphatic carboxylic acids is 1. The van der Waals surface area contributed by atoms with Gasteiger partial charge in [-0.05, 0) is 24.1 Å². The van der Waals surface area contributed by atoms with Crippen LogP contribution in [0, 0.1) is 5.92 Å². The Morgan fingerprint density at radius 3 is 2.10 bits per heavy atom. The normalized spacial score (nSPS) is 11.6. The summed E-state index contributed by atoms with van der Waals surface area (Å²) in [6, 6.07) is 18.2. The third-order valence-corrected chi connectivity index (χ3v) is 3.22. The van der Waals surface area contributed by atoms with Gasteiger partial charge in [-0.3, -0.25) is 9.59 Å². The number of hydrogen-bond acceptors (Lipinski definition) is 2. The summed E-state index contributed by atoms with van der Waals surface area (Å²) >= 11 is 0. The molecule has 0 aliphatic rings. The first-order valence-electron chi connectivity index (χ1n) is 6.77. The summed E-state index contributed by atoms with van der Waals surface area (Å²) in [7, 11) is 0. The number of carboxylic acid groups (broad SMARTS) is 1. The first-order chi connectivity index (χ1) is 10.2. The van der Waals surface area contributed by atoms with Crippen molar-refractivity contribution in [3.05, 3.63) is 71.8 Å². The van der Waals surface area contributed by atoms with Crippen LogP contribution in [-0.4, -0.2) is 23.5 Å². The highest BCUT2D eigenvalue weighted by atomic mass is 16.4. The maximum Gasteiger partial charge on any atom is 0.308 e. The molecule has 0 radical (unpaired) electrons. The minimum Gasteiger partial charge on any atom is -0.481 e. The Hall–Kier alpha value is -2.62. The number of nitrogens with one attached hydrogen (secondary N) is 1. The van der Waals surface area contributed by atoms with Crippen LogP contribution in [0.5, 0.6) is 0 Å². The van der Waals surface area contributed by atoms with Crippen molar-refractivity contribution in [2.24, 2.45) is 5.92 Å². The van der Waals surface area contributed by atoms with Crippen molar-refractivity contribution in [1.29, 1.82) is 0 Å². The Morgan fingerprint density at radius 2 is 1.52 bits per heavy atom. The van der Waals surface area contributed by atoms with E-state index in [-0.39, 0.29) is 12.5 Å². The minimum absolute atomic E-state index is 0.109. The molecule has 0 spiro atoms. The fourth-order valence-corrected chi connectivity index (χ4v) is 2.05. The fraction of sp³-hybridized carbons (Fsp3) is 0.176. The molecule has 2 aromatic rings. The lowest BCUT2D eigenvalue weighted by atomic mass is 9.99. The van der Waals surface area contributed by atoms with E-state index in [2.05, 4.69) is 5.32 Å². The van der Waals surface area contributed by atoms with Crippen molar-refractivity contribution in [3.8, 4) is 0 Å². The molecule has 0 saturated heterocycles. The zero-order chi connectivity index (χ0) is 15.1. The molecule has 21 heavy (non-hydrogen) atoms. The fourth-order valence-electron chi connectivity index (χ4n) is 2.05. The molecule has 0 fully saturated rings. The predicted octanol–water partition coefficient (Wildman–Crippen LogP) is 2.36. The molecule has 2 aromatic carbocycles. The predicted molar refractivity (Wildman–Crippen MR) is 80.0 cm³/mol. The SMILES string of the molecule is O=C(NC[C@@H](Cc1ccccc1)C(=O)O)c1ccccc1. The molecule has 2 rings (SSSR count). The zero-order valence-corrected chi connectivity index (χ0v) is 11.5. The van der Waals surface area contributed by atoms with E-state index in [0.717, 1.165) is 5.56 Å². The van der Waals surface area contributed by atoms with Crippen LogP contribution in [0.2, 0.25) is 0 Å². The third kappa shape index (κ3) is 4.45. The van der Waals surface area contributed by atoms with E-state index in [0.29, 0.717) is 12.0 Å². The van der Waals surface area contributed by atoms with Gasteiger partial charge in [0.1, 0.15) is 0 Å². The lowest BCUT2D eigenvalue weighted by Crippen LogP contribution is -2.34. The van der Waals surface area contributed by atoms with E-state index >= 15 is 0 Å². The number of carboxylic acids is 1. The quantitative estimate of drug-likeness (QED) is 0.855. The summed E-state index contributed by atoms with van der Waals surface area (Å²) in [5.74, 6) is -1.80. The number of benzene rings is 2. The topological polar surface area (TPSA) is 66.4 Å². The molecule has 0 aliphatic heterocycles. The molecule has 2 N–H and O–H groups in total. The van der Waals surface area contributed by atoms with Gasteiger partial charge in [-0.25, -0.2) is 0 Å². The molecular weight excluding hydrogens is 266 g/mol. The summed E-state index contributed by atoms with van der Waals surface area (Å²) in [6.45, 7) is 0.109. The van der Waals surface area contributed by atoms with Crippen LogP contribution in [0.1, 0.15) is 15.9 Å². The molecule has 4 heteroatoms. The Kier molecular flexibility index (Phi) is 5.10. The first-order valence-corrected chi connectivity index (χ1v) is 6.77. The summed E-state index contributed by atoms with van der Waals surface area (Å²) in [5.41, 5.74) is 1.47. The monoisotopic (exact) mass is 283 g/mol. The summed E-state index contributed by atoms with van der Waals surface area (Å²) in [6.07, 6.45) is 0.394. The summed E-state index contributed by atoms with van der Waals surface area (Å²) < 4.78 is 0. The molecule has 0 aliphatic carbocycles. The second-order valence-corrected chi connectivity index (χ2v) is 4.80. The summed E-state index contributed by atoms with van der Waals surface area (Å²) in [5, 5.41) is 11.9. The lowest BCUT2D eigenvalue weighted by Gasteiger charge is -2.13. The van der Waals surface area contributed by atoms with Gasteiger partial charge in [0, 0.05) is 12.1 Å². The number of carbonyl (C=O) groups is 2. The molecule has 1 amide bonds. The third-order valence-electron chi connectivity index (χ3n) is 3.22. The van der Waals surface area contributed by atoms with E-state index in [9.17, 15) is 14.7 Å². The summed E-state index contributed by atoms with van der Waals surface area (Å²) in [4.78, 5) is 23.2. The molecule has 108 valence electrons. The van der Waals surface area contributed by atoms with Gasteiger partial charge in [-0.2, -0.15) is 0 Å². The van der Waals surface area contributed by atoms with E-state index in [1.54, 1.807) is 24.3 Å². The Labute approximate surface area is 123 Å². The highest BCUT2D eigenvalue weighted by molar-refractivity contribution is 5.94. The van der Waals surface area contributed by atoms with Crippen molar-refractivity contribution in [1.82, 2.24) is 5.32 Å². The van der Waals surface area contributed by atoms with Crippen molar-refractivity contribution < 1.29 is 14.7 Å². The molecule has 0 aromatic heterocycles. The van der Waals surface area contributed by atoms with Gasteiger partial charge in [0.25, 0.3) is 5.91 Å². The van der Waals surface area contributed by atoms with Gasteiger partial charge in [0.15, 0.2) is 0 Å². The van der Waals surface area contributed by atoms with Gasteiger partial charge in [-0.1, -0.05) is 48.5 Å². The highest BCUT2D eigenvalue weighted by Gasteiger charge is 2.19. The largest absolute Gasteiger partial charge is 0.481 e. The Balaban J connectivity index is 1.95. The Bertz CT molecular complexity index is 596. The smallest absolute Gasteiger partial charge is 0.308 e. The van der Waals surface area contributed by atoms with Crippen LogP contribution in [0.4, 0.5) is 0 Å². The molecule has 0 unspecified atom stereocenters. The van der Waals surface area contributed by atoms with Gasteiger partial charge < -0.3 is 10.4 Å². The standard InChI is InChI=1S/C17H17NO3/c19-16(14-9-5-2-6-10-14)18-12-15(17(20)21)11-13-7-3-1-4-8-13/h1-10,15H,11-12H2,(H,18,19)(H,20,21)/t15-/m1/s1. The van der Waals surface area contributed by atoms with Gasteiger partial charge in [-0.15, -0.1) is 0 Å². The minimum atomic E-state index is -0.910. The van der Waals surface area contributed by atoms with Crippen LogP contribution >= 0.6 is 0 Å². The molecular formula is C17H17NO3. The molecule has 1 atom stereocenters. The number of rotatable bonds is 6. The Morgan fingerprint density at radius 1 is 0.952 bits per heavy atom. The lowest BCUT2D eigenvalue weighted by molar-refractivity contribution is -0.141. The van der Waals surface area contributed by atoms with E-state index in [1.807, 2.05) is 36.4 Å². The highest BCUT2D eigenvalue weighted by Crippen LogP contribution is 2.09. The maximum atomic E-state index is 11.9. The second kappa shape index (κ2) is 7.24. The van der Waals surface area contributed by atoms with Crippen LogP contribution < -0.4 is 5.32 Å². The molecule has 4 nitrogen and oxygen atoms in total. The maximum absolute atomic E-state index is 11.9. The average molecular weight is 283 g/mol. The van der Waals surface area contributed by atoms with E-state index < -0.39 is 11.9 Å². The van der Waals surface area contributed by atoms with E-state index in [4.69, 9.17) is 0 Å². The molecule has 0 saturated carbocycles. The van der Waals surface area contributed by atoms with Gasteiger partial charge in [0.2, 0.25) is 0 Å². The van der Waals surface area contributed by atoms with Gasteiger partial charge >= 0.3 is 5.97 Å².